The van der Waals surface area contributed by atoms with E-state index in [2.05, 4.69) is 0 Å². The molecule has 5 nitrogen and oxygen atoms in total. The van der Waals surface area contributed by atoms with E-state index in [0.717, 1.165) is 30.4 Å². The largest absolute Gasteiger partial charge is 0.504 e. The van der Waals surface area contributed by atoms with Crippen LogP contribution in [0.5, 0.6) is 23.0 Å². The number of fused-ring (bicyclic) bond motifs is 8. The minimum absolute atomic E-state index is 0.0139. The first kappa shape index (κ1) is 17.3. The molecule has 0 aliphatic carbocycles. The molecule has 1 atom stereocenters. The molecule has 0 radical (unpaired) electrons. The molecule has 0 amide bonds. The van der Waals surface area contributed by atoms with Gasteiger partial charge in [0.05, 0.1) is 7.11 Å². The lowest BCUT2D eigenvalue weighted by Gasteiger charge is -2.14. The Labute approximate surface area is 146 Å². The molecule has 0 fully saturated rings. The molecule has 0 saturated heterocycles. The number of aromatic hydroxyl groups is 1. The fourth-order valence-electron chi connectivity index (χ4n) is 2.97. The van der Waals surface area contributed by atoms with Crippen molar-refractivity contribution in [1.82, 2.24) is 0 Å². The fourth-order valence-corrected chi connectivity index (χ4v) is 2.97. The van der Waals surface area contributed by atoms with Crippen LogP contribution in [0.1, 0.15) is 30.4 Å². The van der Waals surface area contributed by atoms with Gasteiger partial charge < -0.3 is 19.7 Å². The molecule has 132 valence electrons. The van der Waals surface area contributed by atoms with Crippen LogP contribution in [0.3, 0.4) is 0 Å². The van der Waals surface area contributed by atoms with Crippen molar-refractivity contribution in [2.24, 2.45) is 0 Å². The van der Waals surface area contributed by atoms with Gasteiger partial charge in [0.25, 0.3) is 0 Å². The van der Waals surface area contributed by atoms with Crippen molar-refractivity contribution in [1.29, 1.82) is 0 Å². The summed E-state index contributed by atoms with van der Waals surface area (Å²) >= 11 is 0. The van der Waals surface area contributed by atoms with Gasteiger partial charge in [0, 0.05) is 12.8 Å². The molecule has 2 N–H and O–H groups in total. The van der Waals surface area contributed by atoms with Crippen LogP contribution < -0.4 is 9.47 Å². The van der Waals surface area contributed by atoms with Gasteiger partial charge in [-0.05, 0) is 54.7 Å². The Morgan fingerprint density at radius 1 is 1.04 bits per heavy atom. The summed E-state index contributed by atoms with van der Waals surface area (Å²) in [6.45, 7) is 0. The highest BCUT2D eigenvalue weighted by Crippen LogP contribution is 2.37. The predicted molar refractivity (Wildman–Crippen MR) is 93.4 cm³/mol. The van der Waals surface area contributed by atoms with E-state index in [0.29, 0.717) is 17.9 Å². The maximum atomic E-state index is 12.1. The average molecular weight is 342 g/mol. The zero-order valence-corrected chi connectivity index (χ0v) is 14.2. The van der Waals surface area contributed by atoms with E-state index in [4.69, 9.17) is 9.47 Å². The zero-order chi connectivity index (χ0) is 17.8. The van der Waals surface area contributed by atoms with Crippen LogP contribution in [0.4, 0.5) is 0 Å². The molecular weight excluding hydrogens is 320 g/mol. The van der Waals surface area contributed by atoms with E-state index in [-0.39, 0.29) is 23.7 Å². The molecule has 0 aromatic heterocycles. The molecule has 25 heavy (non-hydrogen) atoms. The third kappa shape index (κ3) is 4.12. The van der Waals surface area contributed by atoms with Crippen LogP contribution in [-0.4, -0.2) is 29.2 Å². The Kier molecular flexibility index (Phi) is 5.24. The molecule has 5 heteroatoms. The molecule has 4 bridgehead atoms. The first-order chi connectivity index (χ1) is 12.1. The first-order valence-corrected chi connectivity index (χ1v) is 8.44. The second-order valence-electron chi connectivity index (χ2n) is 6.28. The van der Waals surface area contributed by atoms with E-state index in [9.17, 15) is 15.0 Å². The molecule has 2 heterocycles. The molecule has 4 rings (SSSR count). The van der Waals surface area contributed by atoms with Crippen LogP contribution >= 0.6 is 0 Å². The SMILES string of the molecule is COc1cc2ccc1Oc1cc(ccc1O)CC(O)C(=O)CCCC2. The van der Waals surface area contributed by atoms with Crippen LogP contribution in [0.2, 0.25) is 0 Å². The smallest absolute Gasteiger partial charge is 0.169 e. The van der Waals surface area contributed by atoms with Crippen LogP contribution in [0.15, 0.2) is 36.4 Å². The van der Waals surface area contributed by atoms with Crippen molar-refractivity contribution in [2.75, 3.05) is 7.11 Å². The Hall–Kier alpha value is -2.53. The number of ether oxygens (including phenoxy) is 2. The van der Waals surface area contributed by atoms with Gasteiger partial charge in [-0.1, -0.05) is 12.1 Å². The molecule has 2 aromatic rings. The van der Waals surface area contributed by atoms with Crippen molar-refractivity contribution >= 4 is 5.78 Å². The van der Waals surface area contributed by atoms with Gasteiger partial charge in [-0.3, -0.25) is 4.79 Å². The van der Waals surface area contributed by atoms with Gasteiger partial charge in [0.1, 0.15) is 6.10 Å². The monoisotopic (exact) mass is 342 g/mol. The second kappa shape index (κ2) is 7.57. The number of methoxy groups -OCH3 is 1. The summed E-state index contributed by atoms with van der Waals surface area (Å²) < 4.78 is 11.2. The summed E-state index contributed by atoms with van der Waals surface area (Å²) in [6.07, 6.45) is 1.93. The van der Waals surface area contributed by atoms with E-state index >= 15 is 0 Å². The Morgan fingerprint density at radius 2 is 1.80 bits per heavy atom. The molecule has 0 spiro atoms. The van der Waals surface area contributed by atoms with Crippen LogP contribution in [-0.2, 0) is 17.6 Å². The maximum absolute atomic E-state index is 12.1. The molecule has 2 aromatic carbocycles. The lowest BCUT2D eigenvalue weighted by Crippen LogP contribution is -2.22. The summed E-state index contributed by atoms with van der Waals surface area (Å²) in [5, 5.41) is 20.2. The van der Waals surface area contributed by atoms with Crippen molar-refractivity contribution in [3.05, 3.63) is 47.5 Å². The Balaban J connectivity index is 1.99. The molecule has 2 aliphatic heterocycles. The average Bonchev–Trinajstić information content (AvgIpc) is 2.62. The molecular formula is C20H22O5. The van der Waals surface area contributed by atoms with Crippen molar-refractivity contribution in [2.45, 2.75) is 38.2 Å². The number of phenols is 1. The van der Waals surface area contributed by atoms with Crippen LogP contribution in [0, 0.1) is 0 Å². The van der Waals surface area contributed by atoms with Gasteiger partial charge >= 0.3 is 0 Å². The number of hydrogen-bond donors (Lipinski definition) is 2. The first-order valence-electron chi connectivity index (χ1n) is 8.44. The minimum Gasteiger partial charge on any atom is -0.504 e. The lowest BCUT2D eigenvalue weighted by atomic mass is 10.00. The summed E-state index contributed by atoms with van der Waals surface area (Å²) in [5.41, 5.74) is 1.81. The third-order valence-electron chi connectivity index (χ3n) is 4.41. The highest BCUT2D eigenvalue weighted by Gasteiger charge is 2.18. The van der Waals surface area contributed by atoms with Crippen LogP contribution in [0.25, 0.3) is 0 Å². The number of Topliss-reactive ketones (excluding diaryl/α,β-unsaturated/α-hetero) is 1. The highest BCUT2D eigenvalue weighted by molar-refractivity contribution is 5.83. The number of aliphatic hydroxyl groups excluding tert-OH is 1. The number of ketones is 1. The van der Waals surface area contributed by atoms with Gasteiger partial charge in [-0.15, -0.1) is 0 Å². The van der Waals surface area contributed by atoms with Gasteiger partial charge in [-0.25, -0.2) is 0 Å². The Morgan fingerprint density at radius 3 is 2.60 bits per heavy atom. The standard InChI is InChI=1S/C20H22O5/c1-24-20-11-13-4-2-3-5-15(21)17(23)10-14-6-8-16(22)19(12-14)25-18(20)9-7-13/h6-9,11-12,17,22-23H,2-5,10H2,1H3. The van der Waals surface area contributed by atoms with Gasteiger partial charge in [-0.2, -0.15) is 0 Å². The summed E-state index contributed by atoms with van der Waals surface area (Å²) in [6, 6.07) is 10.5. The third-order valence-corrected chi connectivity index (χ3v) is 4.41. The minimum atomic E-state index is -1.04. The number of aryl methyl sites for hydroxylation is 1. The number of carbonyl (C=O) groups is 1. The number of aliphatic hydroxyl groups is 1. The van der Waals surface area contributed by atoms with E-state index in [1.807, 2.05) is 18.2 Å². The van der Waals surface area contributed by atoms with Crippen molar-refractivity contribution < 1.29 is 24.5 Å². The summed E-state index contributed by atoms with van der Waals surface area (Å²) in [4.78, 5) is 12.1. The quantitative estimate of drug-likeness (QED) is 0.831. The number of hydrogen-bond acceptors (Lipinski definition) is 5. The van der Waals surface area contributed by atoms with Gasteiger partial charge in [0.2, 0.25) is 0 Å². The maximum Gasteiger partial charge on any atom is 0.169 e. The number of benzene rings is 2. The van der Waals surface area contributed by atoms with E-state index in [1.54, 1.807) is 19.2 Å². The summed E-state index contributed by atoms with van der Waals surface area (Å²) in [5.74, 6) is 1.19. The fraction of sp³-hybridized carbons (Fsp3) is 0.350. The number of rotatable bonds is 1. The molecule has 2 aliphatic rings. The number of carbonyl (C=O) groups excluding carboxylic acids is 1. The van der Waals surface area contributed by atoms with Gasteiger partial charge in [0.15, 0.2) is 28.8 Å². The predicted octanol–water partition coefficient (Wildman–Crippen LogP) is 3.39. The summed E-state index contributed by atoms with van der Waals surface area (Å²) in [7, 11) is 1.57. The molecule has 0 saturated carbocycles. The lowest BCUT2D eigenvalue weighted by molar-refractivity contribution is -0.127. The Bertz CT molecular complexity index is 769. The van der Waals surface area contributed by atoms with Crippen molar-refractivity contribution in [3.8, 4) is 23.0 Å². The zero-order valence-electron chi connectivity index (χ0n) is 14.2. The number of phenolic OH excluding ortho intramolecular Hbond substituents is 1. The normalized spacial score (nSPS) is 18.2. The van der Waals surface area contributed by atoms with E-state index in [1.165, 1.54) is 6.07 Å². The topological polar surface area (TPSA) is 76.0 Å². The second-order valence-corrected chi connectivity index (χ2v) is 6.28. The van der Waals surface area contributed by atoms with Crippen molar-refractivity contribution in [3.63, 3.8) is 0 Å². The highest BCUT2D eigenvalue weighted by atomic mass is 16.5. The van der Waals surface area contributed by atoms with E-state index < -0.39 is 6.10 Å². The molecule has 1 unspecified atom stereocenters.